The number of amides is 1. The summed E-state index contributed by atoms with van der Waals surface area (Å²) >= 11 is 0. The molecule has 0 spiro atoms. The highest BCUT2D eigenvalue weighted by Crippen LogP contribution is 2.21. The Hall–Kier alpha value is -1.79. The molecule has 1 aromatic rings. The van der Waals surface area contributed by atoms with E-state index < -0.39 is 0 Å². The average Bonchev–Trinajstić information content (AvgIpc) is 2.42. The van der Waals surface area contributed by atoms with Crippen molar-refractivity contribution in [3.05, 3.63) is 29.8 Å². The Kier molecular flexibility index (Phi) is 4.01. The maximum absolute atomic E-state index is 11.3. The summed E-state index contributed by atoms with van der Waals surface area (Å²) < 4.78 is 0. The Morgan fingerprint density at radius 3 is 2.44 bits per heavy atom. The third-order valence-electron chi connectivity index (χ3n) is 3.46. The van der Waals surface area contributed by atoms with E-state index in [1.165, 1.54) is 0 Å². The Labute approximate surface area is 108 Å². The lowest BCUT2D eigenvalue weighted by atomic mass is 10.0. The average molecular weight is 242 g/mol. The third kappa shape index (κ3) is 2.72. The fourth-order valence-electron chi connectivity index (χ4n) is 2.21. The van der Waals surface area contributed by atoms with E-state index in [1.807, 2.05) is 24.3 Å². The number of benzene rings is 1. The first-order valence-corrected chi connectivity index (χ1v) is 6.30. The first-order chi connectivity index (χ1) is 8.74. The monoisotopic (exact) mass is 242 g/mol. The van der Waals surface area contributed by atoms with Gasteiger partial charge < -0.3 is 0 Å². The molecule has 1 saturated heterocycles. The van der Waals surface area contributed by atoms with E-state index in [-0.39, 0.29) is 0 Å². The second-order valence-electron chi connectivity index (χ2n) is 4.78. The Bertz CT molecular complexity index is 439. The van der Waals surface area contributed by atoms with Gasteiger partial charge in [0.2, 0.25) is 6.41 Å². The Balaban J connectivity index is 2.12. The lowest BCUT2D eigenvalue weighted by molar-refractivity contribution is -0.110. The summed E-state index contributed by atoms with van der Waals surface area (Å²) in [5.41, 5.74) is 1.70. The maximum atomic E-state index is 11.3. The van der Waals surface area contributed by atoms with Crippen LogP contribution in [0.25, 0.3) is 0 Å². The lowest BCUT2D eigenvalue weighted by Crippen LogP contribution is -2.46. The molecule has 1 heterocycles. The van der Waals surface area contributed by atoms with Crippen molar-refractivity contribution in [2.24, 2.45) is 5.92 Å². The fraction of sp³-hybridized carbons (Fsp3) is 0.400. The first-order valence-electron chi connectivity index (χ1n) is 6.30. The Morgan fingerprint density at radius 2 is 1.94 bits per heavy atom. The van der Waals surface area contributed by atoms with Gasteiger partial charge in [-0.25, -0.2) is 10.0 Å². The molecule has 1 fully saturated rings. The lowest BCUT2D eigenvalue weighted by Gasteiger charge is -2.36. The summed E-state index contributed by atoms with van der Waals surface area (Å²) in [6.45, 7) is 4.11. The minimum atomic E-state index is 0.749. The molecule has 94 valence electrons. The summed E-state index contributed by atoms with van der Waals surface area (Å²) in [5, 5.41) is 3.78. The van der Waals surface area contributed by atoms with Gasteiger partial charge >= 0.3 is 0 Å². The van der Waals surface area contributed by atoms with Crippen molar-refractivity contribution in [3.63, 3.8) is 0 Å². The van der Waals surface area contributed by atoms with Gasteiger partial charge in [-0.1, -0.05) is 12.8 Å². The molecule has 18 heavy (non-hydrogen) atoms. The summed E-state index contributed by atoms with van der Waals surface area (Å²) in [7, 11) is 0. The van der Waals surface area contributed by atoms with Crippen LogP contribution in [0.2, 0.25) is 0 Å². The second kappa shape index (κ2) is 5.70. The number of carbonyl (C=O) groups is 1. The van der Waals surface area contributed by atoms with E-state index in [9.17, 15) is 4.79 Å². The van der Waals surface area contributed by atoms with E-state index in [0.717, 1.165) is 49.5 Å². The van der Waals surface area contributed by atoms with Crippen molar-refractivity contribution < 1.29 is 4.79 Å². The molecule has 0 saturated carbocycles. The topological polar surface area (TPSA) is 23.6 Å². The van der Waals surface area contributed by atoms with E-state index in [0.29, 0.717) is 0 Å². The predicted octanol–water partition coefficient (Wildman–Crippen LogP) is 2.28. The van der Waals surface area contributed by atoms with Gasteiger partial charge in [-0.15, -0.1) is 6.42 Å². The Morgan fingerprint density at radius 1 is 1.33 bits per heavy atom. The summed E-state index contributed by atoms with van der Waals surface area (Å²) in [5.74, 6) is 3.32. The van der Waals surface area contributed by atoms with E-state index in [1.54, 1.807) is 5.01 Å². The molecule has 1 amide bonds. The zero-order valence-electron chi connectivity index (χ0n) is 10.7. The molecule has 0 aliphatic carbocycles. The van der Waals surface area contributed by atoms with Gasteiger partial charge in [0.25, 0.3) is 0 Å². The number of nitrogens with zero attached hydrogens (tertiary/aromatic N) is 2. The van der Waals surface area contributed by atoms with Crippen molar-refractivity contribution in [2.45, 2.75) is 19.8 Å². The second-order valence-corrected chi connectivity index (χ2v) is 4.78. The molecule has 0 bridgehead atoms. The third-order valence-corrected chi connectivity index (χ3v) is 3.46. The number of hydrazine groups is 1. The van der Waals surface area contributed by atoms with Crippen molar-refractivity contribution >= 4 is 12.1 Å². The van der Waals surface area contributed by atoms with Crippen LogP contribution >= 0.6 is 0 Å². The zero-order chi connectivity index (χ0) is 13.0. The number of piperidine rings is 1. The van der Waals surface area contributed by atoms with Crippen molar-refractivity contribution in [1.29, 1.82) is 0 Å². The standard InChI is InChI=1S/C15H18N2O/c1-3-14-4-6-15(7-5-14)17(12-18)16-10-8-13(2)9-11-16/h1,4-7,12-13H,8-11H2,2H3. The number of rotatable bonds is 3. The van der Waals surface area contributed by atoms with E-state index in [4.69, 9.17) is 6.42 Å². The molecule has 0 radical (unpaired) electrons. The van der Waals surface area contributed by atoms with Gasteiger partial charge in [-0.05, 0) is 43.0 Å². The molecule has 0 unspecified atom stereocenters. The molecule has 1 aliphatic rings. The predicted molar refractivity (Wildman–Crippen MR) is 72.9 cm³/mol. The minimum absolute atomic E-state index is 0.749. The summed E-state index contributed by atoms with van der Waals surface area (Å²) in [4.78, 5) is 11.3. The van der Waals surface area contributed by atoms with Crippen molar-refractivity contribution in [3.8, 4) is 12.3 Å². The number of anilines is 1. The molecule has 3 nitrogen and oxygen atoms in total. The number of hydrogen-bond acceptors (Lipinski definition) is 2. The smallest absolute Gasteiger partial charge is 0.228 e. The minimum Gasteiger partial charge on any atom is -0.277 e. The van der Waals surface area contributed by atoms with Crippen LogP contribution in [0.5, 0.6) is 0 Å². The highest BCUT2D eigenvalue weighted by molar-refractivity contribution is 5.74. The highest BCUT2D eigenvalue weighted by atomic mass is 16.1. The van der Waals surface area contributed by atoms with E-state index in [2.05, 4.69) is 17.9 Å². The number of hydrogen-bond donors (Lipinski definition) is 0. The van der Waals surface area contributed by atoms with Crippen LogP contribution in [-0.2, 0) is 4.79 Å². The van der Waals surface area contributed by atoms with Crippen LogP contribution < -0.4 is 5.01 Å². The number of carbonyl (C=O) groups excluding carboxylic acids is 1. The van der Waals surface area contributed by atoms with Gasteiger partial charge in [-0.2, -0.15) is 0 Å². The molecule has 0 N–H and O–H groups in total. The zero-order valence-corrected chi connectivity index (χ0v) is 10.7. The molecule has 1 aromatic carbocycles. The van der Waals surface area contributed by atoms with Crippen LogP contribution in [0.3, 0.4) is 0 Å². The number of terminal acetylenes is 1. The summed E-state index contributed by atoms with van der Waals surface area (Å²) in [6.07, 6.45) is 8.46. The normalized spacial score (nSPS) is 17.1. The molecule has 0 atom stereocenters. The fourth-order valence-corrected chi connectivity index (χ4v) is 2.21. The van der Waals surface area contributed by atoms with Crippen LogP contribution in [0.1, 0.15) is 25.3 Å². The van der Waals surface area contributed by atoms with Crippen LogP contribution in [0, 0.1) is 18.3 Å². The molecular formula is C15H18N2O. The molecule has 3 heteroatoms. The maximum Gasteiger partial charge on any atom is 0.228 e. The van der Waals surface area contributed by atoms with Crippen molar-refractivity contribution in [2.75, 3.05) is 18.1 Å². The summed E-state index contributed by atoms with van der Waals surface area (Å²) in [6, 6.07) is 7.50. The largest absolute Gasteiger partial charge is 0.277 e. The molecular weight excluding hydrogens is 224 g/mol. The molecule has 0 aromatic heterocycles. The van der Waals surface area contributed by atoms with Crippen LogP contribution in [0.4, 0.5) is 5.69 Å². The van der Waals surface area contributed by atoms with Gasteiger partial charge in [0.15, 0.2) is 0 Å². The van der Waals surface area contributed by atoms with Gasteiger partial charge in [-0.3, -0.25) is 4.79 Å². The molecule has 2 rings (SSSR count). The molecule has 1 aliphatic heterocycles. The first kappa shape index (κ1) is 12.7. The van der Waals surface area contributed by atoms with E-state index >= 15 is 0 Å². The van der Waals surface area contributed by atoms with Gasteiger partial charge in [0.05, 0.1) is 5.69 Å². The van der Waals surface area contributed by atoms with Crippen molar-refractivity contribution in [1.82, 2.24) is 5.01 Å². The highest BCUT2D eigenvalue weighted by Gasteiger charge is 2.21. The SMILES string of the molecule is C#Cc1ccc(N(C=O)N2CCC(C)CC2)cc1. The van der Waals surface area contributed by atoms with Crippen LogP contribution in [0.15, 0.2) is 24.3 Å². The quantitative estimate of drug-likeness (QED) is 0.599. The van der Waals surface area contributed by atoms with Crippen LogP contribution in [-0.4, -0.2) is 24.5 Å². The van der Waals surface area contributed by atoms with Gasteiger partial charge in [0, 0.05) is 18.7 Å². The van der Waals surface area contributed by atoms with Gasteiger partial charge in [0.1, 0.15) is 0 Å².